The van der Waals surface area contributed by atoms with Gasteiger partial charge in [-0.25, -0.2) is 4.79 Å². The van der Waals surface area contributed by atoms with Gasteiger partial charge in [0.25, 0.3) is 5.91 Å². The number of aryl methyl sites for hydroxylation is 1. The van der Waals surface area contributed by atoms with E-state index < -0.39 is 23.9 Å². The summed E-state index contributed by atoms with van der Waals surface area (Å²) in [6.07, 6.45) is 1.44. The van der Waals surface area contributed by atoms with Crippen molar-refractivity contribution in [1.82, 2.24) is 5.32 Å². The standard InChI is InChI=1S/C26H24ClNO5/c27-22-10-4-3-9-21(22)25(31)28-23(26(32)33)16-17-12-14-19(15-13-17)20-8-2-1-6-18(20)7-5-11-24(29)30/h1-4,6,8-10,12-15,23H,5,7,11,16H2,(H,28,31)(H,29,30)(H,32,33). The molecule has 3 aromatic rings. The van der Waals surface area contributed by atoms with Crippen molar-refractivity contribution < 1.29 is 24.6 Å². The average molecular weight is 466 g/mol. The molecule has 3 N–H and O–H groups in total. The number of halogens is 1. The summed E-state index contributed by atoms with van der Waals surface area (Å²) in [7, 11) is 0. The highest BCUT2D eigenvalue weighted by Crippen LogP contribution is 2.26. The Bertz CT molecular complexity index is 1140. The van der Waals surface area contributed by atoms with Gasteiger partial charge >= 0.3 is 11.9 Å². The van der Waals surface area contributed by atoms with E-state index >= 15 is 0 Å². The van der Waals surface area contributed by atoms with Crippen LogP contribution in [0.3, 0.4) is 0 Å². The Morgan fingerprint density at radius 2 is 1.55 bits per heavy atom. The van der Waals surface area contributed by atoms with Gasteiger partial charge in [0.05, 0.1) is 10.6 Å². The van der Waals surface area contributed by atoms with Gasteiger partial charge in [0, 0.05) is 12.8 Å². The van der Waals surface area contributed by atoms with E-state index in [1.807, 2.05) is 48.5 Å². The second-order valence-electron chi connectivity index (χ2n) is 7.65. The largest absolute Gasteiger partial charge is 0.481 e. The van der Waals surface area contributed by atoms with Crippen molar-refractivity contribution in [1.29, 1.82) is 0 Å². The van der Waals surface area contributed by atoms with Crippen molar-refractivity contribution in [2.45, 2.75) is 31.7 Å². The molecule has 7 heteroatoms. The summed E-state index contributed by atoms with van der Waals surface area (Å²) in [5, 5.41) is 21.3. The number of hydrogen-bond donors (Lipinski definition) is 3. The van der Waals surface area contributed by atoms with Gasteiger partial charge in [0.15, 0.2) is 0 Å². The predicted octanol–water partition coefficient (Wildman–Crippen LogP) is 4.84. The Morgan fingerprint density at radius 3 is 2.21 bits per heavy atom. The van der Waals surface area contributed by atoms with Crippen LogP contribution in [0.25, 0.3) is 11.1 Å². The third-order valence-corrected chi connectivity index (χ3v) is 5.61. The zero-order chi connectivity index (χ0) is 23.8. The highest BCUT2D eigenvalue weighted by atomic mass is 35.5. The summed E-state index contributed by atoms with van der Waals surface area (Å²) in [6, 6.07) is 20.6. The van der Waals surface area contributed by atoms with Crippen molar-refractivity contribution in [2.24, 2.45) is 0 Å². The zero-order valence-electron chi connectivity index (χ0n) is 17.8. The summed E-state index contributed by atoms with van der Waals surface area (Å²) in [4.78, 5) is 35.0. The van der Waals surface area contributed by atoms with E-state index in [1.54, 1.807) is 24.3 Å². The van der Waals surface area contributed by atoms with Crippen LogP contribution in [0, 0.1) is 0 Å². The summed E-state index contributed by atoms with van der Waals surface area (Å²) < 4.78 is 0. The highest BCUT2D eigenvalue weighted by molar-refractivity contribution is 6.33. The first kappa shape index (κ1) is 24.0. The van der Waals surface area contributed by atoms with Crippen LogP contribution in [0.15, 0.2) is 72.8 Å². The monoisotopic (exact) mass is 465 g/mol. The molecule has 0 aromatic heterocycles. The highest BCUT2D eigenvalue weighted by Gasteiger charge is 2.22. The molecular formula is C26H24ClNO5. The molecule has 0 fully saturated rings. The van der Waals surface area contributed by atoms with Crippen LogP contribution in [-0.2, 0) is 22.4 Å². The molecule has 6 nitrogen and oxygen atoms in total. The van der Waals surface area contributed by atoms with Crippen LogP contribution in [0.1, 0.15) is 34.3 Å². The minimum absolute atomic E-state index is 0.115. The molecule has 33 heavy (non-hydrogen) atoms. The fraction of sp³-hybridized carbons (Fsp3) is 0.192. The quantitative estimate of drug-likeness (QED) is 0.397. The summed E-state index contributed by atoms with van der Waals surface area (Å²) in [5.74, 6) is -2.49. The molecule has 0 saturated carbocycles. The molecule has 0 heterocycles. The lowest BCUT2D eigenvalue weighted by molar-refractivity contribution is -0.139. The van der Waals surface area contributed by atoms with Crippen molar-refractivity contribution in [2.75, 3.05) is 0 Å². The number of benzene rings is 3. The molecular weight excluding hydrogens is 442 g/mol. The topological polar surface area (TPSA) is 104 Å². The molecule has 1 atom stereocenters. The first-order valence-electron chi connectivity index (χ1n) is 10.5. The van der Waals surface area contributed by atoms with Gasteiger partial charge in [-0.05, 0) is 47.2 Å². The number of aliphatic carboxylic acids is 2. The van der Waals surface area contributed by atoms with E-state index in [9.17, 15) is 19.5 Å². The van der Waals surface area contributed by atoms with E-state index in [1.165, 1.54) is 0 Å². The lowest BCUT2D eigenvalue weighted by atomic mass is 9.94. The molecule has 0 radical (unpaired) electrons. The van der Waals surface area contributed by atoms with Gasteiger partial charge < -0.3 is 15.5 Å². The van der Waals surface area contributed by atoms with E-state index in [4.69, 9.17) is 16.7 Å². The van der Waals surface area contributed by atoms with E-state index in [0.717, 1.165) is 22.3 Å². The molecule has 0 aliphatic rings. The summed E-state index contributed by atoms with van der Waals surface area (Å²) >= 11 is 6.04. The number of nitrogens with one attached hydrogen (secondary N) is 1. The molecule has 3 rings (SSSR count). The Labute approximate surface area is 196 Å². The van der Waals surface area contributed by atoms with E-state index in [0.29, 0.717) is 12.8 Å². The second-order valence-corrected chi connectivity index (χ2v) is 8.06. The summed E-state index contributed by atoms with van der Waals surface area (Å²) in [6.45, 7) is 0. The first-order valence-corrected chi connectivity index (χ1v) is 10.9. The van der Waals surface area contributed by atoms with Crippen molar-refractivity contribution in [3.63, 3.8) is 0 Å². The number of amides is 1. The third-order valence-electron chi connectivity index (χ3n) is 5.28. The third kappa shape index (κ3) is 6.67. The summed E-state index contributed by atoms with van der Waals surface area (Å²) in [5.41, 5.74) is 4.00. The number of carbonyl (C=O) groups is 3. The number of carboxylic acids is 2. The Balaban J connectivity index is 1.72. The molecule has 3 aromatic carbocycles. The van der Waals surface area contributed by atoms with Crippen molar-refractivity contribution in [3.8, 4) is 11.1 Å². The maximum atomic E-state index is 12.5. The maximum absolute atomic E-state index is 12.5. The van der Waals surface area contributed by atoms with Gasteiger partial charge in [-0.15, -0.1) is 0 Å². The van der Waals surface area contributed by atoms with Gasteiger partial charge in [-0.3, -0.25) is 9.59 Å². The number of carboxylic acid groups (broad SMARTS) is 2. The van der Waals surface area contributed by atoms with Gasteiger partial charge in [-0.2, -0.15) is 0 Å². The SMILES string of the molecule is O=C(O)CCCc1ccccc1-c1ccc(CC(NC(=O)c2ccccc2Cl)C(=O)O)cc1. The Kier molecular flexibility index (Phi) is 8.22. The van der Waals surface area contributed by atoms with Crippen LogP contribution in [0.5, 0.6) is 0 Å². The molecule has 1 unspecified atom stereocenters. The first-order chi connectivity index (χ1) is 15.8. The molecule has 0 aliphatic heterocycles. The minimum atomic E-state index is -1.14. The van der Waals surface area contributed by atoms with E-state index in [2.05, 4.69) is 5.32 Å². The van der Waals surface area contributed by atoms with Crippen molar-refractivity contribution >= 4 is 29.4 Å². The second kappa shape index (κ2) is 11.3. The fourth-order valence-corrected chi connectivity index (χ4v) is 3.81. The Hall–Kier alpha value is -3.64. The van der Waals surface area contributed by atoms with Crippen molar-refractivity contribution in [3.05, 3.63) is 94.5 Å². The van der Waals surface area contributed by atoms with Crippen LogP contribution in [0.4, 0.5) is 0 Å². The lowest BCUT2D eigenvalue weighted by Crippen LogP contribution is -2.42. The predicted molar refractivity (Wildman–Crippen MR) is 126 cm³/mol. The van der Waals surface area contributed by atoms with Crippen LogP contribution in [-0.4, -0.2) is 34.1 Å². The Morgan fingerprint density at radius 1 is 0.879 bits per heavy atom. The number of carbonyl (C=O) groups excluding carboxylic acids is 1. The van der Waals surface area contributed by atoms with Crippen LogP contribution >= 0.6 is 11.6 Å². The van der Waals surface area contributed by atoms with Gasteiger partial charge in [0.2, 0.25) is 0 Å². The van der Waals surface area contributed by atoms with Gasteiger partial charge in [-0.1, -0.05) is 72.3 Å². The minimum Gasteiger partial charge on any atom is -0.481 e. The van der Waals surface area contributed by atoms with Gasteiger partial charge in [0.1, 0.15) is 6.04 Å². The molecule has 0 spiro atoms. The molecule has 170 valence electrons. The average Bonchev–Trinajstić information content (AvgIpc) is 2.79. The maximum Gasteiger partial charge on any atom is 0.326 e. The molecule has 0 saturated heterocycles. The van der Waals surface area contributed by atoms with Crippen LogP contribution in [0.2, 0.25) is 5.02 Å². The fourth-order valence-electron chi connectivity index (χ4n) is 3.59. The van der Waals surface area contributed by atoms with Crippen LogP contribution < -0.4 is 5.32 Å². The molecule has 0 aliphatic carbocycles. The lowest BCUT2D eigenvalue weighted by Gasteiger charge is -2.16. The molecule has 0 bridgehead atoms. The zero-order valence-corrected chi connectivity index (χ0v) is 18.6. The smallest absolute Gasteiger partial charge is 0.326 e. The normalized spacial score (nSPS) is 11.5. The van der Waals surface area contributed by atoms with E-state index in [-0.39, 0.29) is 23.4 Å². The number of hydrogen-bond acceptors (Lipinski definition) is 3. The molecule has 1 amide bonds. The number of rotatable bonds is 10.